The van der Waals surface area contributed by atoms with Crippen molar-refractivity contribution in [1.29, 1.82) is 0 Å². The van der Waals surface area contributed by atoms with Gasteiger partial charge < -0.3 is 10.1 Å². The lowest BCUT2D eigenvalue weighted by atomic mass is 10.1. The minimum Gasteiger partial charge on any atom is -0.496 e. The zero-order valence-corrected chi connectivity index (χ0v) is 14.4. The van der Waals surface area contributed by atoms with Gasteiger partial charge in [-0.25, -0.2) is 13.1 Å². The number of ether oxygens (including phenoxy) is 1. The molecule has 122 valence electrons. The van der Waals surface area contributed by atoms with E-state index in [-0.39, 0.29) is 23.3 Å². The second kappa shape index (κ2) is 7.78. The van der Waals surface area contributed by atoms with Gasteiger partial charge in [-0.1, -0.05) is 24.3 Å². The number of rotatable bonds is 6. The van der Waals surface area contributed by atoms with Crippen LogP contribution in [0.1, 0.15) is 6.92 Å². The fourth-order valence-electron chi connectivity index (χ4n) is 2.07. The molecule has 7 heteroatoms. The Morgan fingerprint density at radius 3 is 2.36 bits per heavy atom. The molecule has 0 radical (unpaired) electrons. The van der Waals surface area contributed by atoms with E-state index in [1.165, 1.54) is 0 Å². The van der Waals surface area contributed by atoms with Crippen LogP contribution in [-0.2, 0) is 10.0 Å². The first-order chi connectivity index (χ1) is 9.99. The maximum Gasteiger partial charge on any atom is 0.241 e. The van der Waals surface area contributed by atoms with Gasteiger partial charge in [-0.15, -0.1) is 12.4 Å². The van der Waals surface area contributed by atoms with E-state index in [2.05, 4.69) is 10.0 Å². The Balaban J connectivity index is 0.00000242. The number of halogens is 1. The summed E-state index contributed by atoms with van der Waals surface area (Å²) in [5.74, 6) is 0.660. The van der Waals surface area contributed by atoms with Crippen molar-refractivity contribution in [2.24, 2.45) is 0 Å². The Morgan fingerprint density at radius 1 is 1.14 bits per heavy atom. The van der Waals surface area contributed by atoms with Gasteiger partial charge in [0.25, 0.3) is 0 Å². The van der Waals surface area contributed by atoms with Crippen LogP contribution in [0, 0.1) is 0 Å². The summed E-state index contributed by atoms with van der Waals surface area (Å²) in [5, 5.41) is 4.43. The highest BCUT2D eigenvalue weighted by Crippen LogP contribution is 2.30. The number of nitrogens with one attached hydrogen (secondary N) is 2. The standard InChI is InChI=1S/C15H20N2O3S.ClH/c1-11(16-2)10-17-21(18,19)15-9-8-14(20-3)12-6-4-5-7-13(12)15;/h4-9,11,16-17H,10H2,1-3H3;1H. The maximum atomic E-state index is 12.5. The molecule has 0 spiro atoms. The lowest BCUT2D eigenvalue weighted by molar-refractivity contribution is 0.419. The molecule has 0 aliphatic rings. The minimum atomic E-state index is -3.56. The van der Waals surface area contributed by atoms with Gasteiger partial charge in [0.15, 0.2) is 0 Å². The van der Waals surface area contributed by atoms with Crippen molar-refractivity contribution in [3.63, 3.8) is 0 Å². The second-order valence-corrected chi connectivity index (χ2v) is 6.59. The molecule has 0 aliphatic carbocycles. The third kappa shape index (κ3) is 3.89. The molecular formula is C15H21ClN2O3S. The van der Waals surface area contributed by atoms with Crippen LogP contribution in [0.2, 0.25) is 0 Å². The van der Waals surface area contributed by atoms with Gasteiger partial charge >= 0.3 is 0 Å². The first-order valence-corrected chi connectivity index (χ1v) is 8.20. The van der Waals surface area contributed by atoms with E-state index in [1.807, 2.05) is 25.1 Å². The molecule has 2 aromatic rings. The Morgan fingerprint density at radius 2 is 1.77 bits per heavy atom. The van der Waals surface area contributed by atoms with Gasteiger partial charge in [-0.05, 0) is 26.1 Å². The molecule has 0 heterocycles. The maximum absolute atomic E-state index is 12.5. The summed E-state index contributed by atoms with van der Waals surface area (Å²) in [4.78, 5) is 0.266. The SMILES string of the molecule is CNC(C)CNS(=O)(=O)c1ccc(OC)c2ccccc12.Cl. The molecule has 0 aromatic heterocycles. The smallest absolute Gasteiger partial charge is 0.241 e. The van der Waals surface area contributed by atoms with Gasteiger partial charge in [0, 0.05) is 23.4 Å². The zero-order chi connectivity index (χ0) is 15.5. The van der Waals surface area contributed by atoms with E-state index >= 15 is 0 Å². The molecule has 5 nitrogen and oxygen atoms in total. The summed E-state index contributed by atoms with van der Waals surface area (Å²) in [6.07, 6.45) is 0. The van der Waals surface area contributed by atoms with Gasteiger partial charge in [0.2, 0.25) is 10.0 Å². The van der Waals surface area contributed by atoms with Crippen molar-refractivity contribution < 1.29 is 13.2 Å². The van der Waals surface area contributed by atoms with Crippen LogP contribution in [0.25, 0.3) is 10.8 Å². The highest BCUT2D eigenvalue weighted by molar-refractivity contribution is 7.89. The predicted molar refractivity (Wildman–Crippen MR) is 91.5 cm³/mol. The van der Waals surface area contributed by atoms with Crippen molar-refractivity contribution in [2.75, 3.05) is 20.7 Å². The average Bonchev–Trinajstić information content (AvgIpc) is 2.51. The van der Waals surface area contributed by atoms with E-state index in [4.69, 9.17) is 4.74 Å². The number of sulfonamides is 1. The molecule has 1 atom stereocenters. The second-order valence-electron chi connectivity index (χ2n) is 4.85. The van der Waals surface area contributed by atoms with E-state index in [9.17, 15) is 8.42 Å². The summed E-state index contributed by atoms with van der Waals surface area (Å²) in [6, 6.07) is 10.6. The first kappa shape index (κ1) is 18.7. The molecular weight excluding hydrogens is 324 g/mol. The van der Waals surface area contributed by atoms with Crippen LogP contribution in [0.3, 0.4) is 0 Å². The monoisotopic (exact) mass is 344 g/mol. The highest BCUT2D eigenvalue weighted by atomic mass is 35.5. The van der Waals surface area contributed by atoms with Crippen LogP contribution >= 0.6 is 12.4 Å². The summed E-state index contributed by atoms with van der Waals surface area (Å²) in [5.41, 5.74) is 0. The van der Waals surface area contributed by atoms with E-state index < -0.39 is 10.0 Å². The molecule has 2 aromatic carbocycles. The summed E-state index contributed by atoms with van der Waals surface area (Å²) < 4.78 is 32.9. The summed E-state index contributed by atoms with van der Waals surface area (Å²) in [7, 11) is -0.197. The van der Waals surface area contributed by atoms with Crippen LogP contribution in [0.4, 0.5) is 0 Å². The van der Waals surface area contributed by atoms with Crippen molar-refractivity contribution in [3.8, 4) is 5.75 Å². The number of methoxy groups -OCH3 is 1. The van der Waals surface area contributed by atoms with Crippen molar-refractivity contribution in [3.05, 3.63) is 36.4 Å². The molecule has 0 amide bonds. The Hall–Kier alpha value is -1.34. The third-order valence-electron chi connectivity index (χ3n) is 3.43. The van der Waals surface area contributed by atoms with Crippen LogP contribution in [-0.4, -0.2) is 35.2 Å². The van der Waals surface area contributed by atoms with Crippen LogP contribution < -0.4 is 14.8 Å². The molecule has 0 saturated heterocycles. The van der Waals surface area contributed by atoms with Gasteiger partial charge in [0.1, 0.15) is 5.75 Å². The topological polar surface area (TPSA) is 67.4 Å². The van der Waals surface area contributed by atoms with Crippen molar-refractivity contribution in [2.45, 2.75) is 17.9 Å². The van der Waals surface area contributed by atoms with Crippen molar-refractivity contribution in [1.82, 2.24) is 10.0 Å². The fraction of sp³-hybridized carbons (Fsp3) is 0.333. The number of likely N-dealkylation sites (N-methyl/N-ethyl adjacent to an activating group) is 1. The molecule has 2 rings (SSSR count). The Bertz CT molecular complexity index is 735. The van der Waals surface area contributed by atoms with Gasteiger partial charge in [0.05, 0.1) is 12.0 Å². The number of hydrogen-bond acceptors (Lipinski definition) is 4. The van der Waals surface area contributed by atoms with Crippen LogP contribution in [0.15, 0.2) is 41.3 Å². The normalized spacial score (nSPS) is 12.7. The lowest BCUT2D eigenvalue weighted by Crippen LogP contribution is -2.37. The Kier molecular flexibility index (Phi) is 6.62. The third-order valence-corrected chi connectivity index (χ3v) is 4.91. The summed E-state index contributed by atoms with van der Waals surface area (Å²) in [6.45, 7) is 2.24. The van der Waals surface area contributed by atoms with Gasteiger partial charge in [-0.2, -0.15) is 0 Å². The molecule has 0 fully saturated rings. The van der Waals surface area contributed by atoms with E-state index in [0.717, 1.165) is 5.39 Å². The quantitative estimate of drug-likeness (QED) is 0.842. The average molecular weight is 345 g/mol. The fourth-order valence-corrected chi connectivity index (χ4v) is 3.41. The largest absolute Gasteiger partial charge is 0.496 e. The molecule has 0 saturated carbocycles. The van der Waals surface area contributed by atoms with E-state index in [0.29, 0.717) is 17.7 Å². The zero-order valence-electron chi connectivity index (χ0n) is 12.8. The molecule has 0 bridgehead atoms. The lowest BCUT2D eigenvalue weighted by Gasteiger charge is -2.14. The predicted octanol–water partition coefficient (Wildman–Crippen LogP) is 2.16. The molecule has 2 N–H and O–H groups in total. The van der Waals surface area contributed by atoms with Crippen molar-refractivity contribution >= 4 is 33.2 Å². The van der Waals surface area contributed by atoms with Gasteiger partial charge in [-0.3, -0.25) is 0 Å². The number of benzene rings is 2. The number of fused-ring (bicyclic) bond motifs is 1. The van der Waals surface area contributed by atoms with E-state index in [1.54, 1.807) is 32.4 Å². The van der Waals surface area contributed by atoms with Crippen LogP contribution in [0.5, 0.6) is 5.75 Å². The minimum absolute atomic E-state index is 0. The molecule has 1 unspecified atom stereocenters. The number of hydrogen-bond donors (Lipinski definition) is 2. The first-order valence-electron chi connectivity index (χ1n) is 6.72. The summed E-state index contributed by atoms with van der Waals surface area (Å²) >= 11 is 0. The highest BCUT2D eigenvalue weighted by Gasteiger charge is 2.19. The molecule has 0 aliphatic heterocycles. The Labute approximate surface area is 137 Å². The molecule has 22 heavy (non-hydrogen) atoms.